The molecule has 3 aromatic rings. The van der Waals surface area contributed by atoms with Gasteiger partial charge in [-0.25, -0.2) is 0 Å². The maximum absolute atomic E-state index is 12.9. The molecule has 1 N–H and O–H groups in total. The highest BCUT2D eigenvalue weighted by atomic mass is 35.5. The van der Waals surface area contributed by atoms with E-state index in [1.807, 2.05) is 55.5 Å². The second kappa shape index (κ2) is 8.98. The van der Waals surface area contributed by atoms with Gasteiger partial charge in [-0.1, -0.05) is 54.1 Å². The molecule has 138 valence electrons. The molecule has 0 saturated carbocycles. The van der Waals surface area contributed by atoms with Gasteiger partial charge in [0.15, 0.2) is 0 Å². The Hall–Kier alpha value is -2.43. The molecule has 0 heterocycles. The first-order valence-corrected chi connectivity index (χ1v) is 9.86. The molecule has 0 aliphatic heterocycles. The van der Waals surface area contributed by atoms with Gasteiger partial charge in [-0.2, -0.15) is 0 Å². The first-order chi connectivity index (χ1) is 13.1. The Bertz CT molecular complexity index is 944. The highest BCUT2D eigenvalue weighted by Crippen LogP contribution is 2.32. The summed E-state index contributed by atoms with van der Waals surface area (Å²) in [7, 11) is 1.56. The molecular formula is C22H20ClNO2S. The van der Waals surface area contributed by atoms with Crippen LogP contribution >= 0.6 is 23.4 Å². The molecule has 1 amide bonds. The number of anilines is 1. The van der Waals surface area contributed by atoms with Crippen LogP contribution < -0.4 is 10.1 Å². The number of aryl methyl sites for hydroxylation is 1. The van der Waals surface area contributed by atoms with Crippen LogP contribution in [0.3, 0.4) is 0 Å². The Labute approximate surface area is 168 Å². The van der Waals surface area contributed by atoms with Gasteiger partial charge in [-0.3, -0.25) is 4.79 Å². The summed E-state index contributed by atoms with van der Waals surface area (Å²) < 4.78 is 5.35. The third-order valence-corrected chi connectivity index (χ3v) is 5.65. The van der Waals surface area contributed by atoms with Gasteiger partial charge in [0, 0.05) is 21.7 Å². The fourth-order valence-electron chi connectivity index (χ4n) is 2.63. The van der Waals surface area contributed by atoms with Gasteiger partial charge >= 0.3 is 0 Å². The van der Waals surface area contributed by atoms with Crippen LogP contribution in [0.15, 0.2) is 71.6 Å². The van der Waals surface area contributed by atoms with Crippen molar-refractivity contribution in [1.29, 1.82) is 0 Å². The lowest BCUT2D eigenvalue weighted by atomic mass is 10.1. The molecule has 0 fully saturated rings. The summed E-state index contributed by atoms with van der Waals surface area (Å²) in [6, 6.07) is 21.3. The molecule has 3 nitrogen and oxygen atoms in total. The van der Waals surface area contributed by atoms with E-state index in [2.05, 4.69) is 17.4 Å². The van der Waals surface area contributed by atoms with Crippen LogP contribution in [0.4, 0.5) is 5.69 Å². The second-order valence-electron chi connectivity index (χ2n) is 6.03. The number of amides is 1. The van der Waals surface area contributed by atoms with Crippen LogP contribution in [0.25, 0.3) is 0 Å². The number of methoxy groups -OCH3 is 1. The molecule has 0 aliphatic rings. The standard InChI is InChI=1S/C22H20ClNO2S/c1-15-12-19(20(26-2)13-18(15)23)24-22(25)17-10-6-7-11-21(17)27-14-16-8-4-3-5-9-16/h3-13H,14H2,1-2H3,(H,24,25). The smallest absolute Gasteiger partial charge is 0.256 e. The van der Waals surface area contributed by atoms with Crippen molar-refractivity contribution in [2.24, 2.45) is 0 Å². The number of hydrogen-bond donors (Lipinski definition) is 1. The van der Waals surface area contributed by atoms with Crippen LogP contribution in [0.1, 0.15) is 21.5 Å². The fraction of sp³-hybridized carbons (Fsp3) is 0.136. The molecule has 3 aromatic carbocycles. The Kier molecular flexibility index (Phi) is 6.43. The Morgan fingerprint density at radius 1 is 1.07 bits per heavy atom. The van der Waals surface area contributed by atoms with Gasteiger partial charge in [0.1, 0.15) is 5.75 Å². The summed E-state index contributed by atoms with van der Waals surface area (Å²) in [5.74, 6) is 1.16. The van der Waals surface area contributed by atoms with Crippen molar-refractivity contribution in [1.82, 2.24) is 0 Å². The normalized spacial score (nSPS) is 10.5. The fourth-order valence-corrected chi connectivity index (χ4v) is 3.79. The van der Waals surface area contributed by atoms with Gasteiger partial charge in [0.2, 0.25) is 0 Å². The number of ether oxygens (including phenoxy) is 1. The number of nitrogens with one attached hydrogen (secondary N) is 1. The predicted molar refractivity (Wildman–Crippen MR) is 113 cm³/mol. The zero-order valence-corrected chi connectivity index (χ0v) is 16.7. The topological polar surface area (TPSA) is 38.3 Å². The second-order valence-corrected chi connectivity index (χ2v) is 7.45. The Morgan fingerprint density at radius 3 is 2.52 bits per heavy atom. The van der Waals surface area contributed by atoms with Crippen molar-refractivity contribution in [2.45, 2.75) is 17.6 Å². The lowest BCUT2D eigenvalue weighted by molar-refractivity contribution is 0.102. The molecule has 0 saturated heterocycles. The number of halogens is 1. The van der Waals surface area contributed by atoms with E-state index in [-0.39, 0.29) is 5.91 Å². The molecule has 0 atom stereocenters. The number of benzene rings is 3. The van der Waals surface area contributed by atoms with Crippen LogP contribution in [-0.2, 0) is 5.75 Å². The minimum Gasteiger partial charge on any atom is -0.495 e. The van der Waals surface area contributed by atoms with E-state index in [4.69, 9.17) is 16.3 Å². The van der Waals surface area contributed by atoms with Gasteiger partial charge in [-0.15, -0.1) is 11.8 Å². The molecule has 0 spiro atoms. The van der Waals surface area contributed by atoms with Crippen molar-refractivity contribution in [2.75, 3.05) is 12.4 Å². The zero-order valence-electron chi connectivity index (χ0n) is 15.2. The van der Waals surface area contributed by atoms with Gasteiger partial charge in [0.05, 0.1) is 18.4 Å². The summed E-state index contributed by atoms with van der Waals surface area (Å²) in [5, 5.41) is 3.55. The quantitative estimate of drug-likeness (QED) is 0.503. The molecular weight excluding hydrogens is 378 g/mol. The number of carbonyl (C=O) groups excluding carboxylic acids is 1. The molecule has 0 aromatic heterocycles. The zero-order chi connectivity index (χ0) is 19.2. The molecule has 0 unspecified atom stereocenters. The van der Waals surface area contributed by atoms with E-state index in [0.29, 0.717) is 22.0 Å². The average molecular weight is 398 g/mol. The van der Waals surface area contributed by atoms with Crippen LogP contribution in [-0.4, -0.2) is 13.0 Å². The van der Waals surface area contributed by atoms with Crippen molar-refractivity contribution < 1.29 is 9.53 Å². The maximum atomic E-state index is 12.9. The highest BCUT2D eigenvalue weighted by Gasteiger charge is 2.15. The molecule has 0 aliphatic carbocycles. The molecule has 3 rings (SSSR count). The lowest BCUT2D eigenvalue weighted by Gasteiger charge is -2.14. The third-order valence-electron chi connectivity index (χ3n) is 4.10. The van der Waals surface area contributed by atoms with E-state index in [1.54, 1.807) is 24.9 Å². The molecule has 0 bridgehead atoms. The number of hydrogen-bond acceptors (Lipinski definition) is 3. The first-order valence-electron chi connectivity index (χ1n) is 8.49. The van der Waals surface area contributed by atoms with Gasteiger partial charge < -0.3 is 10.1 Å². The number of carbonyl (C=O) groups is 1. The number of rotatable bonds is 6. The summed E-state index contributed by atoms with van der Waals surface area (Å²) in [5.41, 5.74) is 3.33. The highest BCUT2D eigenvalue weighted by molar-refractivity contribution is 7.98. The lowest BCUT2D eigenvalue weighted by Crippen LogP contribution is -2.14. The molecule has 5 heteroatoms. The van der Waals surface area contributed by atoms with Gasteiger partial charge in [-0.05, 0) is 36.2 Å². The monoisotopic (exact) mass is 397 g/mol. The predicted octanol–water partition coefficient (Wildman–Crippen LogP) is 6.20. The maximum Gasteiger partial charge on any atom is 0.256 e. The number of thioether (sulfide) groups is 1. The van der Waals surface area contributed by atoms with Gasteiger partial charge in [0.25, 0.3) is 5.91 Å². The molecule has 27 heavy (non-hydrogen) atoms. The summed E-state index contributed by atoms with van der Waals surface area (Å²) in [6.07, 6.45) is 0. The first kappa shape index (κ1) is 19.3. The minimum atomic E-state index is -0.175. The van der Waals surface area contributed by atoms with E-state index in [9.17, 15) is 4.79 Å². The van der Waals surface area contributed by atoms with Crippen molar-refractivity contribution >= 4 is 35.0 Å². The van der Waals surface area contributed by atoms with Crippen molar-refractivity contribution in [3.05, 3.63) is 88.4 Å². The third kappa shape index (κ3) is 4.85. The van der Waals surface area contributed by atoms with E-state index < -0.39 is 0 Å². The summed E-state index contributed by atoms with van der Waals surface area (Å²) in [6.45, 7) is 1.89. The largest absolute Gasteiger partial charge is 0.495 e. The van der Waals surface area contributed by atoms with Crippen LogP contribution in [0.5, 0.6) is 5.75 Å². The van der Waals surface area contributed by atoms with Crippen LogP contribution in [0, 0.1) is 6.92 Å². The SMILES string of the molecule is COc1cc(Cl)c(C)cc1NC(=O)c1ccccc1SCc1ccccc1. The van der Waals surface area contributed by atoms with E-state index in [0.717, 1.165) is 16.2 Å². The van der Waals surface area contributed by atoms with Crippen LogP contribution in [0.2, 0.25) is 5.02 Å². The summed E-state index contributed by atoms with van der Waals surface area (Å²) in [4.78, 5) is 13.8. The minimum absolute atomic E-state index is 0.175. The molecule has 0 radical (unpaired) electrons. The Balaban J connectivity index is 1.80. The van der Waals surface area contributed by atoms with E-state index in [1.165, 1.54) is 5.56 Å². The Morgan fingerprint density at radius 2 is 1.78 bits per heavy atom. The van der Waals surface area contributed by atoms with Crippen molar-refractivity contribution in [3.8, 4) is 5.75 Å². The van der Waals surface area contributed by atoms with E-state index >= 15 is 0 Å². The summed E-state index contributed by atoms with van der Waals surface area (Å²) >= 11 is 7.79. The van der Waals surface area contributed by atoms with Crippen molar-refractivity contribution in [3.63, 3.8) is 0 Å². The average Bonchev–Trinajstić information content (AvgIpc) is 2.70.